The molecule has 1 fully saturated rings. The van der Waals surface area contributed by atoms with E-state index in [0.717, 1.165) is 0 Å². The molecule has 3 rings (SSSR count). The number of halogens is 1. The summed E-state index contributed by atoms with van der Waals surface area (Å²) in [7, 11) is 1.47. The van der Waals surface area contributed by atoms with Crippen LogP contribution in [0, 0.1) is 5.82 Å². The molecular weight excluding hydrogens is 355 g/mol. The van der Waals surface area contributed by atoms with Crippen molar-refractivity contribution in [3.63, 3.8) is 0 Å². The van der Waals surface area contributed by atoms with E-state index in [1.165, 1.54) is 31.4 Å². The first-order valence-corrected chi connectivity index (χ1v) is 8.55. The highest BCUT2D eigenvalue weighted by Gasteiger charge is 2.15. The molecule has 2 heterocycles. The van der Waals surface area contributed by atoms with E-state index >= 15 is 0 Å². The standard InChI is InChI=1S/C18H21FN4O4/c1-26-11-12-8-13(2-3-14(12)19)20-17(24)9-15-21-16(10-18(25)22-15)23-4-6-27-7-5-23/h2-3,8,10H,4-7,9,11H2,1H3,(H,20,24)(H,21,22,25). The third-order valence-corrected chi connectivity index (χ3v) is 4.07. The van der Waals surface area contributed by atoms with Gasteiger partial charge in [-0.25, -0.2) is 9.37 Å². The molecule has 0 aliphatic carbocycles. The van der Waals surface area contributed by atoms with Gasteiger partial charge in [0.25, 0.3) is 5.56 Å². The lowest BCUT2D eigenvalue weighted by molar-refractivity contribution is -0.115. The topological polar surface area (TPSA) is 96.5 Å². The smallest absolute Gasteiger partial charge is 0.252 e. The van der Waals surface area contributed by atoms with E-state index in [4.69, 9.17) is 9.47 Å². The number of nitrogens with zero attached hydrogens (tertiary/aromatic N) is 2. The maximum Gasteiger partial charge on any atom is 0.252 e. The number of ether oxygens (including phenoxy) is 2. The number of aromatic amines is 1. The van der Waals surface area contributed by atoms with Crippen LogP contribution in [-0.2, 0) is 27.3 Å². The predicted molar refractivity (Wildman–Crippen MR) is 97.3 cm³/mol. The number of H-pyrrole nitrogens is 1. The second-order valence-electron chi connectivity index (χ2n) is 6.11. The van der Waals surface area contributed by atoms with E-state index in [0.29, 0.717) is 43.4 Å². The van der Waals surface area contributed by atoms with Gasteiger partial charge in [-0.1, -0.05) is 0 Å². The van der Waals surface area contributed by atoms with Gasteiger partial charge in [-0.2, -0.15) is 0 Å². The summed E-state index contributed by atoms with van der Waals surface area (Å²) in [5.41, 5.74) is 0.467. The zero-order valence-electron chi connectivity index (χ0n) is 15.0. The van der Waals surface area contributed by atoms with Gasteiger partial charge in [0, 0.05) is 37.5 Å². The van der Waals surface area contributed by atoms with Gasteiger partial charge in [0.05, 0.1) is 26.2 Å². The van der Waals surface area contributed by atoms with Gasteiger partial charge < -0.3 is 24.7 Å². The maximum atomic E-state index is 13.7. The molecule has 0 saturated carbocycles. The predicted octanol–water partition coefficient (Wildman–Crippen LogP) is 1.07. The van der Waals surface area contributed by atoms with Crippen LogP contribution in [0.15, 0.2) is 29.1 Å². The van der Waals surface area contributed by atoms with Crippen molar-refractivity contribution in [2.45, 2.75) is 13.0 Å². The number of nitrogens with one attached hydrogen (secondary N) is 2. The number of hydrogen-bond donors (Lipinski definition) is 2. The maximum absolute atomic E-state index is 13.7. The molecule has 1 aromatic heterocycles. The van der Waals surface area contributed by atoms with Crippen LogP contribution in [0.2, 0.25) is 0 Å². The molecule has 1 aromatic carbocycles. The van der Waals surface area contributed by atoms with Crippen molar-refractivity contribution in [2.24, 2.45) is 0 Å². The Hall–Kier alpha value is -2.78. The van der Waals surface area contributed by atoms with Crippen LogP contribution < -0.4 is 15.8 Å². The van der Waals surface area contributed by atoms with E-state index < -0.39 is 5.82 Å². The summed E-state index contributed by atoms with van der Waals surface area (Å²) >= 11 is 0. The third-order valence-electron chi connectivity index (χ3n) is 4.07. The molecule has 0 spiro atoms. The summed E-state index contributed by atoms with van der Waals surface area (Å²) in [6.45, 7) is 2.52. The zero-order chi connectivity index (χ0) is 19.2. The zero-order valence-corrected chi connectivity index (χ0v) is 15.0. The van der Waals surface area contributed by atoms with Crippen LogP contribution in [0.4, 0.5) is 15.9 Å². The minimum atomic E-state index is -0.404. The number of aromatic nitrogens is 2. The van der Waals surface area contributed by atoms with Gasteiger partial charge in [0.15, 0.2) is 0 Å². The van der Waals surface area contributed by atoms with Gasteiger partial charge in [-0.15, -0.1) is 0 Å². The SMILES string of the molecule is COCc1cc(NC(=O)Cc2nc(N3CCOCC3)cc(=O)[nH]2)ccc1F. The van der Waals surface area contributed by atoms with Crippen molar-refractivity contribution in [3.8, 4) is 0 Å². The van der Waals surface area contributed by atoms with Crippen molar-refractivity contribution in [1.29, 1.82) is 0 Å². The Morgan fingerprint density at radius 3 is 2.89 bits per heavy atom. The van der Waals surface area contributed by atoms with Crippen molar-refractivity contribution in [2.75, 3.05) is 43.6 Å². The van der Waals surface area contributed by atoms with Gasteiger partial charge in [0.2, 0.25) is 5.91 Å². The molecule has 2 N–H and O–H groups in total. The highest BCUT2D eigenvalue weighted by Crippen LogP contribution is 2.16. The first kappa shape index (κ1) is 19.0. The molecule has 0 unspecified atom stereocenters. The minimum Gasteiger partial charge on any atom is -0.380 e. The molecule has 27 heavy (non-hydrogen) atoms. The molecule has 1 amide bonds. The lowest BCUT2D eigenvalue weighted by atomic mass is 10.2. The van der Waals surface area contributed by atoms with Crippen molar-refractivity contribution in [3.05, 3.63) is 51.8 Å². The van der Waals surface area contributed by atoms with Crippen molar-refractivity contribution in [1.82, 2.24) is 9.97 Å². The lowest BCUT2D eigenvalue weighted by Gasteiger charge is -2.27. The van der Waals surface area contributed by atoms with Gasteiger partial charge in [0.1, 0.15) is 17.5 Å². The fraction of sp³-hybridized carbons (Fsp3) is 0.389. The quantitative estimate of drug-likeness (QED) is 0.783. The summed E-state index contributed by atoms with van der Waals surface area (Å²) in [4.78, 5) is 33.1. The number of carbonyl (C=O) groups excluding carboxylic acids is 1. The van der Waals surface area contributed by atoms with E-state index in [2.05, 4.69) is 15.3 Å². The van der Waals surface area contributed by atoms with E-state index in [9.17, 15) is 14.0 Å². The number of amides is 1. The van der Waals surface area contributed by atoms with Crippen LogP contribution >= 0.6 is 0 Å². The second kappa shape index (κ2) is 8.74. The molecule has 2 aromatic rings. The first-order chi connectivity index (χ1) is 13.0. The molecule has 1 aliphatic rings. The summed E-state index contributed by atoms with van der Waals surface area (Å²) < 4.78 is 23.9. The van der Waals surface area contributed by atoms with E-state index in [1.54, 1.807) is 0 Å². The number of anilines is 2. The number of hydrogen-bond acceptors (Lipinski definition) is 6. The Morgan fingerprint density at radius 2 is 2.15 bits per heavy atom. The molecule has 0 bridgehead atoms. The van der Waals surface area contributed by atoms with Gasteiger partial charge in [-0.3, -0.25) is 9.59 Å². The Kier molecular flexibility index (Phi) is 6.15. The fourth-order valence-corrected chi connectivity index (χ4v) is 2.81. The number of carbonyl (C=O) groups is 1. The van der Waals surface area contributed by atoms with Crippen LogP contribution in [0.25, 0.3) is 0 Å². The molecule has 0 radical (unpaired) electrons. The Labute approximate surface area is 155 Å². The number of morpholine rings is 1. The summed E-state index contributed by atoms with van der Waals surface area (Å²) in [6, 6.07) is 5.65. The van der Waals surface area contributed by atoms with E-state index in [-0.39, 0.29) is 30.3 Å². The minimum absolute atomic E-state index is 0.103. The normalized spacial score (nSPS) is 14.2. The molecule has 8 nitrogen and oxygen atoms in total. The third kappa shape index (κ3) is 5.11. The fourth-order valence-electron chi connectivity index (χ4n) is 2.81. The number of benzene rings is 1. The van der Waals surface area contributed by atoms with Crippen LogP contribution in [0.3, 0.4) is 0 Å². The molecular formula is C18H21FN4O4. The van der Waals surface area contributed by atoms with Crippen LogP contribution in [-0.4, -0.2) is 49.3 Å². The number of rotatable bonds is 6. The van der Waals surface area contributed by atoms with Gasteiger partial charge in [-0.05, 0) is 18.2 Å². The summed E-state index contributed by atoms with van der Waals surface area (Å²) in [6.07, 6.45) is -0.107. The molecule has 1 aliphatic heterocycles. The average Bonchev–Trinajstić information content (AvgIpc) is 2.65. The molecule has 0 atom stereocenters. The number of methoxy groups -OCH3 is 1. The largest absolute Gasteiger partial charge is 0.380 e. The molecule has 144 valence electrons. The van der Waals surface area contributed by atoms with Crippen LogP contribution in [0.1, 0.15) is 11.4 Å². The van der Waals surface area contributed by atoms with Crippen LogP contribution in [0.5, 0.6) is 0 Å². The lowest BCUT2D eigenvalue weighted by Crippen LogP contribution is -2.37. The van der Waals surface area contributed by atoms with E-state index in [1.807, 2.05) is 4.90 Å². The first-order valence-electron chi connectivity index (χ1n) is 8.55. The summed E-state index contributed by atoms with van der Waals surface area (Å²) in [5.74, 6) is 0.0149. The molecule has 1 saturated heterocycles. The molecule has 9 heteroatoms. The monoisotopic (exact) mass is 376 g/mol. The second-order valence-corrected chi connectivity index (χ2v) is 6.11. The van der Waals surface area contributed by atoms with Crippen molar-refractivity contribution >= 4 is 17.4 Å². The highest BCUT2D eigenvalue weighted by molar-refractivity contribution is 5.91. The Bertz CT molecular complexity index is 865. The Morgan fingerprint density at radius 1 is 1.37 bits per heavy atom. The Balaban J connectivity index is 1.69. The highest BCUT2D eigenvalue weighted by atomic mass is 19.1. The average molecular weight is 376 g/mol. The summed E-state index contributed by atoms with van der Waals surface area (Å²) in [5, 5.41) is 2.68. The van der Waals surface area contributed by atoms with Crippen molar-refractivity contribution < 1.29 is 18.7 Å². The van der Waals surface area contributed by atoms with Gasteiger partial charge >= 0.3 is 0 Å².